The number of nitrogens with one attached hydrogen (secondary N) is 1. The minimum atomic E-state index is -1.51. The molecule has 0 spiro atoms. The van der Waals surface area contributed by atoms with E-state index in [2.05, 4.69) is 30.1 Å². The summed E-state index contributed by atoms with van der Waals surface area (Å²) in [6.07, 6.45) is 7.93. The summed E-state index contributed by atoms with van der Waals surface area (Å²) >= 11 is 0. The first-order chi connectivity index (χ1) is 14.4. The number of hydrogen-bond donors (Lipinski definition) is 3. The average Bonchev–Trinajstić information content (AvgIpc) is 3.34. The third-order valence-electron chi connectivity index (χ3n) is 7.70. The highest BCUT2D eigenvalue weighted by Crippen LogP contribution is 2.59. The van der Waals surface area contributed by atoms with Gasteiger partial charge in [-0.15, -0.1) is 0 Å². The molecular formula is C25H37N3O2. The molecule has 30 heavy (non-hydrogen) atoms. The molecule has 1 aromatic carbocycles. The molecule has 164 valence electrons. The summed E-state index contributed by atoms with van der Waals surface area (Å²) in [5, 5.41) is 14.8. The summed E-state index contributed by atoms with van der Waals surface area (Å²) in [6, 6.07) is 9.44. The number of nitrogens with zero attached hydrogens (tertiary/aromatic N) is 1. The summed E-state index contributed by atoms with van der Waals surface area (Å²) in [5.41, 5.74) is 7.04. The molecule has 1 saturated heterocycles. The van der Waals surface area contributed by atoms with Crippen LogP contribution in [-0.2, 0) is 10.4 Å². The van der Waals surface area contributed by atoms with Gasteiger partial charge < -0.3 is 16.2 Å². The number of likely N-dealkylation sites (tertiary alicyclic amines) is 1. The molecule has 3 aliphatic rings. The van der Waals surface area contributed by atoms with Crippen LogP contribution in [0, 0.1) is 17.3 Å². The van der Waals surface area contributed by atoms with Crippen molar-refractivity contribution in [1.82, 2.24) is 10.2 Å². The largest absolute Gasteiger partial charge is 0.375 e. The summed E-state index contributed by atoms with van der Waals surface area (Å²) in [6.45, 7) is 7.13. The van der Waals surface area contributed by atoms with Gasteiger partial charge in [-0.25, -0.2) is 0 Å². The van der Waals surface area contributed by atoms with Crippen LogP contribution in [0.1, 0.15) is 57.9 Å². The van der Waals surface area contributed by atoms with Gasteiger partial charge in [-0.1, -0.05) is 61.2 Å². The second-order valence-corrected chi connectivity index (χ2v) is 10.0. The van der Waals surface area contributed by atoms with Crippen LogP contribution in [0.15, 0.2) is 42.0 Å². The molecule has 4 unspecified atom stereocenters. The van der Waals surface area contributed by atoms with Crippen molar-refractivity contribution < 1.29 is 9.90 Å². The number of piperidine rings is 1. The van der Waals surface area contributed by atoms with Crippen molar-refractivity contribution in [1.29, 1.82) is 0 Å². The summed E-state index contributed by atoms with van der Waals surface area (Å²) in [7, 11) is 0. The summed E-state index contributed by atoms with van der Waals surface area (Å²) in [4.78, 5) is 16.0. The minimum absolute atomic E-state index is 0.0463. The molecule has 1 aliphatic heterocycles. The molecule has 3 fully saturated rings. The van der Waals surface area contributed by atoms with Crippen molar-refractivity contribution in [2.75, 3.05) is 19.6 Å². The third kappa shape index (κ3) is 3.95. The molecule has 4 N–H and O–H groups in total. The van der Waals surface area contributed by atoms with Crippen molar-refractivity contribution in [3.05, 3.63) is 47.5 Å². The minimum Gasteiger partial charge on any atom is -0.375 e. The Hall–Kier alpha value is -1.69. The molecule has 4 atom stereocenters. The van der Waals surface area contributed by atoms with Gasteiger partial charge in [0.1, 0.15) is 0 Å². The molecule has 5 heteroatoms. The van der Waals surface area contributed by atoms with E-state index in [1.165, 1.54) is 12.0 Å². The van der Waals surface area contributed by atoms with Gasteiger partial charge in [-0.3, -0.25) is 9.69 Å². The zero-order chi connectivity index (χ0) is 21.4. The number of hydrogen-bond acceptors (Lipinski definition) is 4. The molecule has 2 aliphatic carbocycles. The van der Waals surface area contributed by atoms with Crippen LogP contribution in [0.4, 0.5) is 0 Å². The Morgan fingerprint density at radius 3 is 2.67 bits per heavy atom. The number of fused-ring (bicyclic) bond motifs is 1. The summed E-state index contributed by atoms with van der Waals surface area (Å²) < 4.78 is 0. The highest BCUT2D eigenvalue weighted by Gasteiger charge is 2.63. The Labute approximate surface area is 180 Å². The SMILES string of the molecule is CC(C)=CCN1CC2CC2(C(N)NC(=O)C(O)(c2ccccc2)C2CCCCC2)C1. The topological polar surface area (TPSA) is 78.6 Å². The molecule has 0 bridgehead atoms. The molecular weight excluding hydrogens is 374 g/mol. The van der Waals surface area contributed by atoms with E-state index in [0.717, 1.165) is 51.7 Å². The molecule has 5 nitrogen and oxygen atoms in total. The van der Waals surface area contributed by atoms with Gasteiger partial charge in [0.2, 0.25) is 0 Å². The molecule has 0 radical (unpaired) electrons. The van der Waals surface area contributed by atoms with Gasteiger partial charge >= 0.3 is 0 Å². The Balaban J connectivity index is 1.49. The fourth-order valence-corrected chi connectivity index (χ4v) is 5.72. The maximum atomic E-state index is 13.5. The highest BCUT2D eigenvalue weighted by molar-refractivity contribution is 5.87. The van der Waals surface area contributed by atoms with Gasteiger partial charge in [0.05, 0.1) is 6.17 Å². The second-order valence-electron chi connectivity index (χ2n) is 10.0. The van der Waals surface area contributed by atoms with E-state index >= 15 is 0 Å². The number of benzene rings is 1. The van der Waals surface area contributed by atoms with Crippen molar-refractivity contribution in [3.63, 3.8) is 0 Å². The smallest absolute Gasteiger partial charge is 0.258 e. The Morgan fingerprint density at radius 1 is 1.30 bits per heavy atom. The average molecular weight is 412 g/mol. The lowest BCUT2D eigenvalue weighted by Gasteiger charge is -2.39. The van der Waals surface area contributed by atoms with Crippen LogP contribution < -0.4 is 11.1 Å². The van der Waals surface area contributed by atoms with Crippen LogP contribution in [0.5, 0.6) is 0 Å². The standard InChI is InChI=1S/C25H37N3O2/c1-18(2)13-14-28-16-21-15-24(21,17-28)22(26)27-23(29)25(30,19-9-5-3-6-10-19)20-11-7-4-8-12-20/h3,5-6,9-10,13,20-22,30H,4,7-8,11-12,14-17,26H2,1-2H3,(H,27,29). The quantitative estimate of drug-likeness (QED) is 0.476. The lowest BCUT2D eigenvalue weighted by molar-refractivity contribution is -0.150. The maximum absolute atomic E-state index is 13.5. The third-order valence-corrected chi connectivity index (χ3v) is 7.70. The first-order valence-electron chi connectivity index (χ1n) is 11.6. The van der Waals surface area contributed by atoms with Crippen LogP contribution in [-0.4, -0.2) is 41.7 Å². The number of rotatable bonds is 7. The molecule has 4 rings (SSSR count). The fraction of sp³-hybridized carbons (Fsp3) is 0.640. The van der Waals surface area contributed by atoms with Crippen LogP contribution in [0.25, 0.3) is 0 Å². The van der Waals surface area contributed by atoms with E-state index in [9.17, 15) is 9.90 Å². The van der Waals surface area contributed by atoms with Crippen molar-refractivity contribution in [3.8, 4) is 0 Å². The van der Waals surface area contributed by atoms with Crippen molar-refractivity contribution >= 4 is 5.91 Å². The predicted octanol–water partition coefficient (Wildman–Crippen LogP) is 3.14. The van der Waals surface area contributed by atoms with E-state index < -0.39 is 11.8 Å². The van der Waals surface area contributed by atoms with Crippen LogP contribution in [0.3, 0.4) is 0 Å². The summed E-state index contributed by atoms with van der Waals surface area (Å²) in [5.74, 6) is 0.153. The number of aliphatic hydroxyl groups is 1. The monoisotopic (exact) mass is 411 g/mol. The molecule has 2 saturated carbocycles. The normalized spacial score (nSPS) is 29.5. The van der Waals surface area contributed by atoms with Gasteiger partial charge in [0.15, 0.2) is 5.60 Å². The van der Waals surface area contributed by atoms with Gasteiger partial charge in [0.25, 0.3) is 5.91 Å². The van der Waals surface area contributed by atoms with E-state index in [1.54, 1.807) is 0 Å². The Bertz CT molecular complexity index is 785. The second kappa shape index (κ2) is 8.45. The van der Waals surface area contributed by atoms with Gasteiger partial charge in [-0.05, 0) is 44.6 Å². The van der Waals surface area contributed by atoms with Crippen LogP contribution in [0.2, 0.25) is 0 Å². The molecule has 1 heterocycles. The van der Waals surface area contributed by atoms with Crippen molar-refractivity contribution in [2.24, 2.45) is 23.0 Å². The predicted molar refractivity (Wildman–Crippen MR) is 119 cm³/mol. The molecule has 1 aromatic rings. The first-order valence-corrected chi connectivity index (χ1v) is 11.6. The highest BCUT2D eigenvalue weighted by atomic mass is 16.3. The van der Waals surface area contributed by atoms with Crippen molar-refractivity contribution in [2.45, 2.75) is 64.1 Å². The zero-order valence-corrected chi connectivity index (χ0v) is 18.4. The number of amides is 1. The van der Waals surface area contributed by atoms with E-state index in [4.69, 9.17) is 5.73 Å². The Morgan fingerprint density at radius 2 is 2.00 bits per heavy atom. The lowest BCUT2D eigenvalue weighted by Crippen LogP contribution is -2.58. The van der Waals surface area contributed by atoms with Gasteiger partial charge in [0, 0.05) is 31.0 Å². The molecule has 1 amide bonds. The molecule has 0 aromatic heterocycles. The van der Waals surface area contributed by atoms with Crippen LogP contribution >= 0.6 is 0 Å². The van der Waals surface area contributed by atoms with Gasteiger partial charge in [-0.2, -0.15) is 0 Å². The number of allylic oxidation sites excluding steroid dienone is 1. The van der Waals surface area contributed by atoms with E-state index in [-0.39, 0.29) is 17.2 Å². The van der Waals surface area contributed by atoms with E-state index in [1.807, 2.05) is 30.3 Å². The number of nitrogens with two attached hydrogens (primary N) is 1. The zero-order valence-electron chi connectivity index (χ0n) is 18.4. The lowest BCUT2D eigenvalue weighted by atomic mass is 9.72. The Kier molecular flexibility index (Phi) is 6.06. The van der Waals surface area contributed by atoms with E-state index in [0.29, 0.717) is 11.5 Å². The first kappa shape index (κ1) is 21.5. The number of carbonyl (C=O) groups excluding carboxylic acids is 1. The maximum Gasteiger partial charge on any atom is 0.258 e. The fourth-order valence-electron chi connectivity index (χ4n) is 5.72. The number of carbonyl (C=O) groups is 1.